The van der Waals surface area contributed by atoms with Crippen LogP contribution in [-0.4, -0.2) is 66.4 Å². The van der Waals surface area contributed by atoms with Gasteiger partial charge in [0.25, 0.3) is 0 Å². The van der Waals surface area contributed by atoms with Crippen LogP contribution in [0.4, 0.5) is 20.6 Å². The summed E-state index contributed by atoms with van der Waals surface area (Å²) in [7, 11) is 0. The summed E-state index contributed by atoms with van der Waals surface area (Å²) in [5.74, 6) is -0.929. The second-order valence-corrected chi connectivity index (χ2v) is 9.43. The van der Waals surface area contributed by atoms with Gasteiger partial charge in [0.2, 0.25) is 11.8 Å². The number of anilines is 2. The molecule has 36 heavy (non-hydrogen) atoms. The number of hydrogen-bond acceptors (Lipinski definition) is 4. The van der Waals surface area contributed by atoms with Crippen molar-refractivity contribution in [2.24, 2.45) is 0 Å². The van der Waals surface area contributed by atoms with Gasteiger partial charge in [0, 0.05) is 50.9 Å². The minimum absolute atomic E-state index is 0.0690. The quantitative estimate of drug-likeness (QED) is 0.552. The number of amides is 4. The molecule has 0 aromatic heterocycles. The minimum atomic E-state index is -0.381. The maximum atomic E-state index is 13.2. The van der Waals surface area contributed by atoms with Crippen molar-refractivity contribution >= 4 is 40.8 Å². The second kappa shape index (κ2) is 12.6. The molecule has 4 amide bonds. The van der Waals surface area contributed by atoms with Gasteiger partial charge in [-0.3, -0.25) is 9.59 Å². The van der Waals surface area contributed by atoms with Gasteiger partial charge in [0.15, 0.2) is 0 Å². The van der Waals surface area contributed by atoms with E-state index in [-0.39, 0.29) is 49.2 Å². The normalized spacial score (nSPS) is 13.5. The van der Waals surface area contributed by atoms with E-state index in [0.717, 1.165) is 11.3 Å². The summed E-state index contributed by atoms with van der Waals surface area (Å²) >= 11 is 6.35. The predicted molar refractivity (Wildman–Crippen MR) is 140 cm³/mol. The lowest BCUT2D eigenvalue weighted by Crippen LogP contribution is -2.52. The van der Waals surface area contributed by atoms with Crippen molar-refractivity contribution < 1.29 is 18.8 Å². The molecule has 0 unspecified atom stereocenters. The maximum Gasteiger partial charge on any atom is 0.317 e. The summed E-state index contributed by atoms with van der Waals surface area (Å²) < 4.78 is 13.2. The number of benzene rings is 2. The first kappa shape index (κ1) is 27.3. The summed E-state index contributed by atoms with van der Waals surface area (Å²) in [5, 5.41) is 6.11. The number of hydrogen-bond donors (Lipinski definition) is 2. The third kappa shape index (κ3) is 7.58. The molecular weight excluding hydrogens is 485 g/mol. The second-order valence-electron chi connectivity index (χ2n) is 9.02. The van der Waals surface area contributed by atoms with Crippen LogP contribution in [0.15, 0.2) is 42.5 Å². The van der Waals surface area contributed by atoms with Crippen molar-refractivity contribution in [1.29, 1.82) is 0 Å². The first-order valence-electron chi connectivity index (χ1n) is 12.1. The lowest BCUT2D eigenvalue weighted by molar-refractivity contribution is -0.135. The summed E-state index contributed by atoms with van der Waals surface area (Å²) in [6, 6.07) is 11.2. The summed E-state index contributed by atoms with van der Waals surface area (Å²) in [4.78, 5) is 42.9. The van der Waals surface area contributed by atoms with E-state index in [1.54, 1.807) is 36.1 Å². The highest BCUT2D eigenvalue weighted by Gasteiger charge is 2.23. The highest BCUT2D eigenvalue weighted by atomic mass is 35.5. The molecule has 1 saturated heterocycles. The van der Waals surface area contributed by atoms with Crippen LogP contribution < -0.4 is 15.5 Å². The Balaban J connectivity index is 1.63. The molecule has 8 nitrogen and oxygen atoms in total. The van der Waals surface area contributed by atoms with Crippen LogP contribution in [0.2, 0.25) is 5.02 Å². The fourth-order valence-corrected chi connectivity index (χ4v) is 4.11. The number of nitrogens with zero attached hydrogens (tertiary/aromatic N) is 3. The van der Waals surface area contributed by atoms with Crippen molar-refractivity contribution in [3.63, 3.8) is 0 Å². The third-order valence-electron chi connectivity index (χ3n) is 5.84. The SMILES string of the molecule is CCC(=O)N(CC(=O)Nc1cc(N2CCN(C(=O)NC(C)C)CC2)ccc1Cl)Cc1ccc(F)cc1. The molecule has 0 radical (unpaired) electrons. The van der Waals surface area contributed by atoms with Crippen molar-refractivity contribution in [3.8, 4) is 0 Å². The van der Waals surface area contributed by atoms with Crippen LogP contribution in [-0.2, 0) is 16.1 Å². The summed E-state index contributed by atoms with van der Waals surface area (Å²) in [6.07, 6.45) is 0.242. The van der Waals surface area contributed by atoms with Crippen molar-refractivity contribution in [2.45, 2.75) is 39.8 Å². The minimum Gasteiger partial charge on any atom is -0.368 e. The van der Waals surface area contributed by atoms with Gasteiger partial charge in [0.1, 0.15) is 12.4 Å². The van der Waals surface area contributed by atoms with Gasteiger partial charge >= 0.3 is 6.03 Å². The van der Waals surface area contributed by atoms with Gasteiger partial charge in [-0.2, -0.15) is 0 Å². The van der Waals surface area contributed by atoms with Gasteiger partial charge in [0.05, 0.1) is 10.7 Å². The van der Waals surface area contributed by atoms with Gasteiger partial charge in [-0.15, -0.1) is 0 Å². The first-order valence-corrected chi connectivity index (χ1v) is 12.5. The molecule has 10 heteroatoms. The number of piperazine rings is 1. The molecule has 2 N–H and O–H groups in total. The van der Waals surface area contributed by atoms with Crippen LogP contribution >= 0.6 is 11.6 Å². The van der Waals surface area contributed by atoms with E-state index in [2.05, 4.69) is 15.5 Å². The zero-order chi connectivity index (χ0) is 26.2. The van der Waals surface area contributed by atoms with E-state index in [0.29, 0.717) is 36.9 Å². The monoisotopic (exact) mass is 517 g/mol. The Kier molecular flexibility index (Phi) is 9.52. The Morgan fingerprint density at radius 2 is 1.72 bits per heavy atom. The Labute approximate surface area is 216 Å². The van der Waals surface area contributed by atoms with E-state index >= 15 is 0 Å². The first-order chi connectivity index (χ1) is 17.2. The largest absolute Gasteiger partial charge is 0.368 e. The van der Waals surface area contributed by atoms with E-state index in [4.69, 9.17) is 11.6 Å². The summed E-state index contributed by atoms with van der Waals surface area (Å²) in [5.41, 5.74) is 2.06. The van der Waals surface area contributed by atoms with Crippen LogP contribution in [0.1, 0.15) is 32.8 Å². The topological polar surface area (TPSA) is 85.0 Å². The molecule has 0 saturated carbocycles. The Hall–Kier alpha value is -3.33. The lowest BCUT2D eigenvalue weighted by atomic mass is 10.2. The molecule has 194 valence electrons. The van der Waals surface area contributed by atoms with Crippen LogP contribution in [0, 0.1) is 5.82 Å². The van der Waals surface area contributed by atoms with Crippen molar-refractivity contribution in [1.82, 2.24) is 15.1 Å². The average molecular weight is 518 g/mol. The Morgan fingerprint density at radius 1 is 1.06 bits per heavy atom. The third-order valence-corrected chi connectivity index (χ3v) is 6.17. The van der Waals surface area contributed by atoms with Crippen LogP contribution in [0.5, 0.6) is 0 Å². The molecular formula is C26H33ClFN5O3. The lowest BCUT2D eigenvalue weighted by Gasteiger charge is -2.36. The van der Waals surface area contributed by atoms with E-state index < -0.39 is 0 Å². The zero-order valence-electron chi connectivity index (χ0n) is 20.9. The van der Waals surface area contributed by atoms with Crippen LogP contribution in [0.25, 0.3) is 0 Å². The van der Waals surface area contributed by atoms with Gasteiger partial charge in [-0.25, -0.2) is 9.18 Å². The van der Waals surface area contributed by atoms with E-state index in [1.807, 2.05) is 19.9 Å². The van der Waals surface area contributed by atoms with E-state index in [9.17, 15) is 18.8 Å². The molecule has 1 fully saturated rings. The maximum absolute atomic E-state index is 13.2. The van der Waals surface area contributed by atoms with Crippen molar-refractivity contribution in [2.75, 3.05) is 42.9 Å². The zero-order valence-corrected chi connectivity index (χ0v) is 21.6. The molecule has 3 rings (SSSR count). The number of halogens is 2. The molecule has 2 aromatic carbocycles. The number of urea groups is 1. The molecule has 1 aliphatic heterocycles. The highest BCUT2D eigenvalue weighted by Crippen LogP contribution is 2.28. The van der Waals surface area contributed by atoms with Gasteiger partial charge in [-0.1, -0.05) is 30.7 Å². The summed E-state index contributed by atoms with van der Waals surface area (Å²) in [6.45, 7) is 8.09. The molecule has 0 atom stereocenters. The predicted octanol–water partition coefficient (Wildman–Crippen LogP) is 4.10. The van der Waals surface area contributed by atoms with Gasteiger partial charge in [-0.05, 0) is 49.7 Å². The number of carbonyl (C=O) groups is 3. The number of nitrogens with one attached hydrogen (secondary N) is 2. The molecule has 0 spiro atoms. The molecule has 1 aliphatic rings. The van der Waals surface area contributed by atoms with Crippen LogP contribution in [0.3, 0.4) is 0 Å². The fourth-order valence-electron chi connectivity index (χ4n) is 3.94. The molecule has 2 aromatic rings. The number of rotatable bonds is 8. The molecule has 1 heterocycles. The Bertz CT molecular complexity index is 1070. The smallest absolute Gasteiger partial charge is 0.317 e. The number of carbonyl (C=O) groups excluding carboxylic acids is 3. The molecule has 0 bridgehead atoms. The van der Waals surface area contributed by atoms with Crippen molar-refractivity contribution in [3.05, 3.63) is 58.9 Å². The molecule has 0 aliphatic carbocycles. The van der Waals surface area contributed by atoms with E-state index in [1.165, 1.54) is 17.0 Å². The van der Waals surface area contributed by atoms with Gasteiger partial charge < -0.3 is 25.3 Å². The highest BCUT2D eigenvalue weighted by molar-refractivity contribution is 6.33. The standard InChI is InChI=1S/C26H33ClFN5O3/c1-4-25(35)33(16-19-5-7-20(28)8-6-19)17-24(34)30-23-15-21(9-10-22(23)27)31-11-13-32(14-12-31)26(36)29-18(2)3/h5-10,15,18H,4,11-14,16-17H2,1-3H3,(H,29,36)(H,30,34). The fraction of sp³-hybridized carbons (Fsp3) is 0.423. The average Bonchev–Trinajstić information content (AvgIpc) is 2.85. The Morgan fingerprint density at radius 3 is 2.33 bits per heavy atom.